The predicted molar refractivity (Wildman–Crippen MR) is 152 cm³/mol. The van der Waals surface area contributed by atoms with E-state index in [2.05, 4.69) is 62.0 Å². The van der Waals surface area contributed by atoms with Crippen molar-refractivity contribution in [1.82, 2.24) is 9.97 Å². The molecule has 0 saturated carbocycles. The molecule has 2 aromatic heterocycles. The van der Waals surface area contributed by atoms with Crippen molar-refractivity contribution in [3.05, 3.63) is 119 Å². The first-order valence-corrected chi connectivity index (χ1v) is 14.7. The number of fused-ring (bicyclic) bond motifs is 1. The summed E-state index contributed by atoms with van der Waals surface area (Å²) in [6, 6.07) is 14.6. The van der Waals surface area contributed by atoms with Crippen molar-refractivity contribution >= 4 is 43.4 Å². The van der Waals surface area contributed by atoms with Crippen LogP contribution >= 0.6 is 0 Å². The minimum Gasteiger partial charge on any atom is -0.261 e. The second-order valence-corrected chi connectivity index (χ2v) is 11.9. The normalized spacial score (nSPS) is 16.8. The van der Waals surface area contributed by atoms with E-state index in [0.29, 0.717) is 0 Å². The van der Waals surface area contributed by atoms with Crippen molar-refractivity contribution in [2.24, 2.45) is 4.99 Å². The van der Waals surface area contributed by atoms with Gasteiger partial charge in [-0.25, -0.2) is 0 Å². The number of para-hydroxylation sites is 1. The summed E-state index contributed by atoms with van der Waals surface area (Å²) in [4.78, 5) is 14.2. The summed E-state index contributed by atoms with van der Waals surface area (Å²) in [6.45, 7) is 14.7. The molecule has 0 unspecified atom stereocenters. The fourth-order valence-corrected chi connectivity index (χ4v) is 8.26. The number of hydrogen-bond acceptors (Lipinski definition) is 3. The Bertz CT molecular complexity index is 1440. The minimum atomic E-state index is -1.47. The van der Waals surface area contributed by atoms with Gasteiger partial charge in [-0.15, -0.1) is 0 Å². The lowest BCUT2D eigenvalue weighted by molar-refractivity contribution is 0.972. The van der Waals surface area contributed by atoms with Gasteiger partial charge in [-0.1, -0.05) is 84.1 Å². The molecule has 0 spiro atoms. The predicted octanol–water partition coefficient (Wildman–Crippen LogP) is 5.90. The molecule has 35 heavy (non-hydrogen) atoms. The third kappa shape index (κ3) is 5.85. The lowest BCUT2D eigenvalue weighted by atomic mass is 10.0. The third-order valence-corrected chi connectivity index (χ3v) is 9.70. The second kappa shape index (κ2) is 11.9. The largest absolute Gasteiger partial charge is 0.278 e. The van der Waals surface area contributed by atoms with E-state index >= 15 is 0 Å². The van der Waals surface area contributed by atoms with Gasteiger partial charge in [0.1, 0.15) is 0 Å². The van der Waals surface area contributed by atoms with Crippen LogP contribution in [0.2, 0.25) is 10.6 Å². The molecule has 1 aromatic carbocycles. The van der Waals surface area contributed by atoms with Gasteiger partial charge in [0, 0.05) is 24.0 Å². The van der Waals surface area contributed by atoms with Crippen LogP contribution < -0.4 is 10.6 Å². The zero-order valence-electron chi connectivity index (χ0n) is 20.6. The molecule has 0 N–H and O–H groups in total. The van der Waals surface area contributed by atoms with Crippen molar-refractivity contribution in [2.75, 3.05) is 0 Å². The average Bonchev–Trinajstić information content (AvgIpc) is 2.90. The average molecular weight is 474 g/mol. The Morgan fingerprint density at radius 1 is 0.971 bits per heavy atom. The van der Waals surface area contributed by atoms with Crippen LogP contribution in [0.4, 0.5) is 0 Å². The number of rotatable bonds is 8. The fraction of sp³-hybridized carbons (Fsp3) is 0.194. The van der Waals surface area contributed by atoms with Crippen molar-refractivity contribution in [1.29, 1.82) is 0 Å². The van der Waals surface area contributed by atoms with Gasteiger partial charge in [0.25, 0.3) is 14.1 Å². The Labute approximate surface area is 212 Å². The van der Waals surface area contributed by atoms with Gasteiger partial charge < -0.3 is 0 Å². The molecule has 174 valence electrons. The lowest BCUT2D eigenvalue weighted by Gasteiger charge is -2.19. The summed E-state index contributed by atoms with van der Waals surface area (Å²) in [6.07, 6.45) is 14.0. The van der Waals surface area contributed by atoms with Crippen molar-refractivity contribution in [3.8, 4) is 0 Å². The molecule has 3 heterocycles. The zero-order valence-corrected chi connectivity index (χ0v) is 21.7. The molecule has 4 rings (SSSR count). The van der Waals surface area contributed by atoms with E-state index in [-0.39, 0.29) is 0 Å². The van der Waals surface area contributed by atoms with Gasteiger partial charge in [0.15, 0.2) is 0 Å². The molecular formula is C31H32AlN3. The SMILES string of the molecule is C=C/C([CH2][Al]([CH2]/C(C=C)=c1\ncccc1=C)[CH2]c1cccc2cccnc12)=C1/N=CCC/C1=C/C. The van der Waals surface area contributed by atoms with E-state index in [0.717, 1.165) is 50.5 Å². The molecule has 0 bridgehead atoms. The fourth-order valence-electron chi connectivity index (χ4n) is 4.91. The van der Waals surface area contributed by atoms with Crippen molar-refractivity contribution < 1.29 is 0 Å². The van der Waals surface area contributed by atoms with E-state index < -0.39 is 14.1 Å². The molecule has 0 atom stereocenters. The van der Waals surface area contributed by atoms with Crippen LogP contribution in [0.1, 0.15) is 25.3 Å². The van der Waals surface area contributed by atoms with Gasteiger partial charge in [-0.2, -0.15) is 0 Å². The third-order valence-electron chi connectivity index (χ3n) is 6.65. The molecule has 0 amide bonds. The maximum Gasteiger partial charge on any atom is 0.278 e. The smallest absolute Gasteiger partial charge is 0.261 e. The Kier molecular flexibility index (Phi) is 8.42. The number of nitrogens with zero attached hydrogens (tertiary/aromatic N) is 3. The lowest BCUT2D eigenvalue weighted by Crippen LogP contribution is -2.30. The highest BCUT2D eigenvalue weighted by atomic mass is 27.2. The molecule has 3 nitrogen and oxygen atoms in total. The highest BCUT2D eigenvalue weighted by Gasteiger charge is 2.24. The van der Waals surface area contributed by atoms with Crippen molar-refractivity contribution in [2.45, 2.75) is 35.6 Å². The number of benzene rings is 1. The maximum atomic E-state index is 4.81. The molecule has 0 aliphatic carbocycles. The van der Waals surface area contributed by atoms with Gasteiger partial charge in [-0.05, 0) is 59.4 Å². The van der Waals surface area contributed by atoms with E-state index in [1.807, 2.05) is 49.0 Å². The first kappa shape index (κ1) is 24.8. The number of pyridine rings is 2. The maximum absolute atomic E-state index is 4.81. The molecule has 1 aliphatic heterocycles. The Balaban J connectivity index is 1.79. The summed E-state index contributed by atoms with van der Waals surface area (Å²) >= 11 is -1.47. The van der Waals surface area contributed by atoms with Gasteiger partial charge in [-0.3, -0.25) is 15.0 Å². The second-order valence-electron chi connectivity index (χ2n) is 8.95. The van der Waals surface area contributed by atoms with E-state index in [9.17, 15) is 0 Å². The van der Waals surface area contributed by atoms with Crippen molar-refractivity contribution in [3.63, 3.8) is 0 Å². The van der Waals surface area contributed by atoms with E-state index in [4.69, 9.17) is 9.98 Å². The Morgan fingerprint density at radius 2 is 1.71 bits per heavy atom. The zero-order chi connectivity index (χ0) is 24.6. The Morgan fingerprint density at radius 3 is 2.49 bits per heavy atom. The highest BCUT2D eigenvalue weighted by molar-refractivity contribution is 6.61. The Hall–Kier alpha value is -3.32. The summed E-state index contributed by atoms with van der Waals surface area (Å²) < 4.78 is 0. The van der Waals surface area contributed by atoms with E-state index in [1.165, 1.54) is 27.7 Å². The number of hydrogen-bond donors (Lipinski definition) is 0. The topological polar surface area (TPSA) is 38.1 Å². The minimum absolute atomic E-state index is 0.942. The van der Waals surface area contributed by atoms with Crippen LogP contribution in [0.5, 0.6) is 0 Å². The van der Waals surface area contributed by atoms with Crippen LogP contribution in [-0.2, 0) is 5.28 Å². The van der Waals surface area contributed by atoms with Crippen LogP contribution in [0.25, 0.3) is 23.1 Å². The standard InChI is InChI=1S/C11H14N.C10H8N.C10H10N.Al/c1-4-9(3)11-10(5-2)7-6-8-12-11;1-8-4-2-5-9-6-3-7-11-10(8)9;1-4-8(2)10-9(3)6-5-7-11-10;/h4-5,8H,1,3,6-7H2,2H3;2-7H,1H2;4-7H,1-3H2;/b10-5-,11-9+;;10-8+;. The molecule has 1 aliphatic rings. The summed E-state index contributed by atoms with van der Waals surface area (Å²) in [5, 5.41) is 6.06. The number of aliphatic imine (C=N–C) groups is 1. The molecule has 3 aromatic rings. The summed E-state index contributed by atoms with van der Waals surface area (Å²) in [7, 11) is 0. The summed E-state index contributed by atoms with van der Waals surface area (Å²) in [5.41, 5.74) is 7.26. The molecule has 0 radical (unpaired) electrons. The van der Waals surface area contributed by atoms with Gasteiger partial charge >= 0.3 is 0 Å². The first-order valence-electron chi connectivity index (χ1n) is 12.3. The molecule has 4 heteroatoms. The number of allylic oxidation sites excluding steroid dienone is 5. The molecule has 0 fully saturated rings. The van der Waals surface area contributed by atoms with Gasteiger partial charge in [0.05, 0.1) is 16.6 Å². The highest BCUT2D eigenvalue weighted by Crippen LogP contribution is 2.30. The first-order chi connectivity index (χ1) is 17.1. The van der Waals surface area contributed by atoms with Gasteiger partial charge in [0.2, 0.25) is 0 Å². The van der Waals surface area contributed by atoms with Crippen LogP contribution in [0, 0.1) is 0 Å². The van der Waals surface area contributed by atoms with Crippen LogP contribution in [-0.4, -0.2) is 30.3 Å². The molecular weight excluding hydrogens is 441 g/mol. The summed E-state index contributed by atoms with van der Waals surface area (Å²) in [5.74, 6) is 0. The number of aromatic nitrogens is 2. The monoisotopic (exact) mass is 473 g/mol. The van der Waals surface area contributed by atoms with E-state index in [1.54, 1.807) is 0 Å². The van der Waals surface area contributed by atoms with Crippen LogP contribution in [0.3, 0.4) is 0 Å². The van der Waals surface area contributed by atoms with Crippen LogP contribution in [0.15, 0.2) is 108 Å². The molecule has 0 saturated heterocycles. The quantitative estimate of drug-likeness (QED) is 0.382.